The van der Waals surface area contributed by atoms with E-state index in [-0.39, 0.29) is 17.7 Å². The summed E-state index contributed by atoms with van der Waals surface area (Å²) in [5, 5.41) is 3.70. The summed E-state index contributed by atoms with van der Waals surface area (Å²) in [6.45, 7) is 5.19. The maximum atomic E-state index is 13.2. The third-order valence-corrected chi connectivity index (χ3v) is 6.77. The van der Waals surface area contributed by atoms with E-state index >= 15 is 0 Å². The lowest BCUT2D eigenvalue weighted by atomic mass is 9.96. The summed E-state index contributed by atoms with van der Waals surface area (Å²) in [4.78, 5) is 32.3. The molecule has 34 heavy (non-hydrogen) atoms. The van der Waals surface area contributed by atoms with Gasteiger partial charge < -0.3 is 24.8 Å². The maximum absolute atomic E-state index is 13.2. The minimum absolute atomic E-state index is 0.0225. The minimum atomic E-state index is -0.243. The molecule has 182 valence electrons. The van der Waals surface area contributed by atoms with Crippen LogP contribution in [0.1, 0.15) is 19.3 Å². The number of ether oxygens (including phenoxy) is 1. The molecule has 2 aliphatic rings. The van der Waals surface area contributed by atoms with Crippen molar-refractivity contribution in [3.63, 3.8) is 0 Å². The standard InChI is InChI=1S/C26H33ClN4O3/c1-29-13-15-30(16-14-29)24-10-9-21(27)18-23(24)28-26(33)20-6-5-12-31(19-20)25(32)11-17-34-22-7-3-2-4-8-22/h2-4,7-10,18,20H,5-6,11-17,19H2,1H3,(H,28,33). The highest BCUT2D eigenvalue weighted by atomic mass is 35.5. The molecule has 0 saturated carbocycles. The molecule has 8 heteroatoms. The number of carbonyl (C=O) groups is 2. The van der Waals surface area contributed by atoms with Crippen LogP contribution in [0.15, 0.2) is 48.5 Å². The zero-order valence-electron chi connectivity index (χ0n) is 19.7. The van der Waals surface area contributed by atoms with Crippen LogP contribution in [-0.2, 0) is 9.59 Å². The number of anilines is 2. The predicted octanol–water partition coefficient (Wildman–Crippen LogP) is 3.74. The van der Waals surface area contributed by atoms with E-state index in [0.29, 0.717) is 31.1 Å². The Morgan fingerprint density at radius 3 is 2.59 bits per heavy atom. The highest BCUT2D eigenvalue weighted by Crippen LogP contribution is 2.31. The predicted molar refractivity (Wildman–Crippen MR) is 136 cm³/mol. The number of likely N-dealkylation sites (tertiary alicyclic amines) is 1. The van der Waals surface area contributed by atoms with Crippen molar-refractivity contribution >= 4 is 34.8 Å². The van der Waals surface area contributed by atoms with Crippen molar-refractivity contribution in [1.82, 2.24) is 9.80 Å². The summed E-state index contributed by atoms with van der Waals surface area (Å²) in [6.07, 6.45) is 1.87. The number of nitrogens with zero attached hydrogens (tertiary/aromatic N) is 3. The minimum Gasteiger partial charge on any atom is -0.493 e. The Bertz CT molecular complexity index is 979. The molecule has 0 spiro atoms. The molecule has 1 unspecified atom stereocenters. The number of nitrogens with one attached hydrogen (secondary N) is 1. The fourth-order valence-corrected chi connectivity index (χ4v) is 4.69. The first-order valence-electron chi connectivity index (χ1n) is 12.0. The second-order valence-electron chi connectivity index (χ2n) is 9.03. The summed E-state index contributed by atoms with van der Waals surface area (Å²) in [5.41, 5.74) is 1.73. The fraction of sp³-hybridized carbons (Fsp3) is 0.462. The number of benzene rings is 2. The molecule has 2 heterocycles. The summed E-state index contributed by atoms with van der Waals surface area (Å²) < 4.78 is 5.66. The summed E-state index contributed by atoms with van der Waals surface area (Å²) in [7, 11) is 2.12. The second-order valence-corrected chi connectivity index (χ2v) is 9.47. The smallest absolute Gasteiger partial charge is 0.229 e. The first-order chi connectivity index (χ1) is 16.5. The van der Waals surface area contributed by atoms with Crippen molar-refractivity contribution in [2.24, 2.45) is 5.92 Å². The lowest BCUT2D eigenvalue weighted by Crippen LogP contribution is -2.45. The lowest BCUT2D eigenvalue weighted by molar-refractivity contribution is -0.135. The molecule has 0 bridgehead atoms. The summed E-state index contributed by atoms with van der Waals surface area (Å²) in [5.74, 6) is 0.473. The molecule has 2 aliphatic heterocycles. The average molecular weight is 485 g/mol. The number of halogens is 1. The van der Waals surface area contributed by atoms with Crippen LogP contribution in [0.3, 0.4) is 0 Å². The molecule has 2 fully saturated rings. The molecular weight excluding hydrogens is 452 g/mol. The number of rotatable bonds is 7. The summed E-state index contributed by atoms with van der Waals surface area (Å²) >= 11 is 6.26. The monoisotopic (exact) mass is 484 g/mol. The molecule has 2 amide bonds. The number of piperidine rings is 1. The molecule has 7 nitrogen and oxygen atoms in total. The average Bonchev–Trinajstić information content (AvgIpc) is 2.85. The first kappa shape index (κ1) is 24.4. The van der Waals surface area contributed by atoms with E-state index in [4.69, 9.17) is 16.3 Å². The Labute approximate surface area is 206 Å². The van der Waals surface area contributed by atoms with E-state index in [1.165, 1.54) is 0 Å². The van der Waals surface area contributed by atoms with E-state index in [0.717, 1.165) is 56.1 Å². The van der Waals surface area contributed by atoms with Crippen molar-refractivity contribution in [2.75, 3.05) is 63.1 Å². The zero-order chi connectivity index (χ0) is 23.9. The number of amides is 2. The maximum Gasteiger partial charge on any atom is 0.229 e. The molecule has 0 aromatic heterocycles. The lowest BCUT2D eigenvalue weighted by Gasteiger charge is -2.36. The van der Waals surface area contributed by atoms with Gasteiger partial charge in [0.05, 0.1) is 30.3 Å². The van der Waals surface area contributed by atoms with Gasteiger partial charge in [0, 0.05) is 44.3 Å². The van der Waals surface area contributed by atoms with Gasteiger partial charge in [0.25, 0.3) is 0 Å². The molecule has 0 aliphatic carbocycles. The van der Waals surface area contributed by atoms with Crippen molar-refractivity contribution in [1.29, 1.82) is 0 Å². The third kappa shape index (κ3) is 6.42. The Hall–Kier alpha value is -2.77. The second kappa shape index (κ2) is 11.6. The van der Waals surface area contributed by atoms with Crippen molar-refractivity contribution < 1.29 is 14.3 Å². The van der Waals surface area contributed by atoms with E-state index in [1.54, 1.807) is 4.90 Å². The number of hydrogen-bond acceptors (Lipinski definition) is 5. The molecule has 1 N–H and O–H groups in total. The number of hydrogen-bond donors (Lipinski definition) is 1. The van der Waals surface area contributed by atoms with Crippen LogP contribution < -0.4 is 15.0 Å². The van der Waals surface area contributed by atoms with Crippen molar-refractivity contribution in [2.45, 2.75) is 19.3 Å². The van der Waals surface area contributed by atoms with Gasteiger partial charge in [-0.3, -0.25) is 9.59 Å². The molecule has 1 atom stereocenters. The van der Waals surface area contributed by atoms with Gasteiger partial charge in [-0.15, -0.1) is 0 Å². The Kier molecular flexibility index (Phi) is 8.29. The van der Waals surface area contributed by atoms with Gasteiger partial charge in [-0.25, -0.2) is 0 Å². The van der Waals surface area contributed by atoms with Crippen LogP contribution in [-0.4, -0.2) is 74.5 Å². The van der Waals surface area contributed by atoms with Crippen LogP contribution in [0.5, 0.6) is 5.75 Å². The Morgan fingerprint density at radius 2 is 1.82 bits per heavy atom. The van der Waals surface area contributed by atoms with Crippen LogP contribution in [0.4, 0.5) is 11.4 Å². The number of piperazine rings is 1. The SMILES string of the molecule is CN1CCN(c2ccc(Cl)cc2NC(=O)C2CCCN(C(=O)CCOc3ccccc3)C2)CC1. The van der Waals surface area contributed by atoms with E-state index in [2.05, 4.69) is 22.2 Å². The van der Waals surface area contributed by atoms with Gasteiger partial charge in [-0.2, -0.15) is 0 Å². The van der Waals surface area contributed by atoms with Crippen LogP contribution in [0.2, 0.25) is 5.02 Å². The topological polar surface area (TPSA) is 65.1 Å². The zero-order valence-corrected chi connectivity index (χ0v) is 20.5. The third-order valence-electron chi connectivity index (χ3n) is 6.53. The van der Waals surface area contributed by atoms with Gasteiger partial charge >= 0.3 is 0 Å². The van der Waals surface area contributed by atoms with Crippen molar-refractivity contribution in [3.05, 3.63) is 53.6 Å². The fourth-order valence-electron chi connectivity index (χ4n) is 4.51. The summed E-state index contributed by atoms with van der Waals surface area (Å²) in [6, 6.07) is 15.1. The van der Waals surface area contributed by atoms with Gasteiger partial charge in [-0.1, -0.05) is 29.8 Å². The number of para-hydroxylation sites is 1. The molecule has 2 saturated heterocycles. The molecule has 4 rings (SSSR count). The molecule has 2 aromatic carbocycles. The highest BCUT2D eigenvalue weighted by molar-refractivity contribution is 6.31. The van der Waals surface area contributed by atoms with Gasteiger partial charge in [0.2, 0.25) is 11.8 Å². The van der Waals surface area contributed by atoms with Crippen LogP contribution in [0.25, 0.3) is 0 Å². The van der Waals surface area contributed by atoms with Crippen molar-refractivity contribution in [3.8, 4) is 5.75 Å². The Morgan fingerprint density at radius 1 is 1.06 bits per heavy atom. The molecule has 0 radical (unpaired) electrons. The van der Waals surface area contributed by atoms with E-state index in [9.17, 15) is 9.59 Å². The molecule has 2 aromatic rings. The van der Waals surface area contributed by atoms with Gasteiger partial charge in [0.15, 0.2) is 0 Å². The normalized spacial score (nSPS) is 19.1. The van der Waals surface area contributed by atoms with Gasteiger partial charge in [0.1, 0.15) is 5.75 Å². The largest absolute Gasteiger partial charge is 0.493 e. The van der Waals surface area contributed by atoms with E-state index < -0.39 is 0 Å². The highest BCUT2D eigenvalue weighted by Gasteiger charge is 2.29. The Balaban J connectivity index is 1.33. The number of carbonyl (C=O) groups excluding carboxylic acids is 2. The van der Waals surface area contributed by atoms with E-state index in [1.807, 2.05) is 48.5 Å². The number of likely N-dealkylation sites (N-methyl/N-ethyl adjacent to an activating group) is 1. The van der Waals surface area contributed by atoms with Crippen LogP contribution >= 0.6 is 11.6 Å². The van der Waals surface area contributed by atoms with Crippen LogP contribution in [0, 0.1) is 5.92 Å². The first-order valence-corrected chi connectivity index (χ1v) is 12.4. The molecular formula is C26H33ClN4O3. The van der Waals surface area contributed by atoms with Gasteiger partial charge in [-0.05, 0) is 50.2 Å². The quantitative estimate of drug-likeness (QED) is 0.648.